The Labute approximate surface area is 110 Å². The quantitative estimate of drug-likeness (QED) is 0.807. The molecule has 18 heavy (non-hydrogen) atoms. The van der Waals surface area contributed by atoms with Crippen molar-refractivity contribution in [2.24, 2.45) is 0 Å². The van der Waals surface area contributed by atoms with E-state index in [-0.39, 0.29) is 0 Å². The Morgan fingerprint density at radius 1 is 1.39 bits per heavy atom. The Bertz CT molecular complexity index is 595. The molecule has 3 heterocycles. The Kier molecular flexibility index (Phi) is 3.23. The van der Waals surface area contributed by atoms with Crippen LogP contribution in [0.3, 0.4) is 0 Å². The lowest BCUT2D eigenvalue weighted by Crippen LogP contribution is -2.36. The summed E-state index contributed by atoms with van der Waals surface area (Å²) < 4.78 is 18.3. The number of ether oxygens (including phenoxy) is 1. The molecular weight excluding hydrogens is 272 g/mol. The molecular formula is C10H12N4O2S2. The molecule has 6 nitrogen and oxygen atoms in total. The van der Waals surface area contributed by atoms with Gasteiger partial charge in [0.2, 0.25) is 0 Å². The van der Waals surface area contributed by atoms with E-state index in [1.165, 1.54) is 17.7 Å². The van der Waals surface area contributed by atoms with Gasteiger partial charge in [-0.15, -0.1) is 0 Å². The number of rotatable bonds is 2. The van der Waals surface area contributed by atoms with Crippen LogP contribution in [0, 0.1) is 0 Å². The molecule has 1 saturated heterocycles. The molecule has 0 radical (unpaired) electrons. The molecule has 0 saturated carbocycles. The first-order valence-corrected chi connectivity index (χ1v) is 7.91. The van der Waals surface area contributed by atoms with E-state index in [9.17, 15) is 4.21 Å². The van der Waals surface area contributed by atoms with Crippen molar-refractivity contribution in [1.29, 1.82) is 0 Å². The van der Waals surface area contributed by atoms with Crippen molar-refractivity contribution in [3.63, 3.8) is 0 Å². The van der Waals surface area contributed by atoms with E-state index in [1.807, 2.05) is 0 Å². The largest absolute Gasteiger partial charge is 0.378 e. The molecule has 1 unspecified atom stereocenters. The Morgan fingerprint density at radius 3 is 2.89 bits per heavy atom. The summed E-state index contributed by atoms with van der Waals surface area (Å²) in [4.78, 5) is 14.9. The van der Waals surface area contributed by atoms with Crippen LogP contribution in [-0.4, -0.2) is 51.7 Å². The van der Waals surface area contributed by atoms with Gasteiger partial charge in [0, 0.05) is 19.3 Å². The van der Waals surface area contributed by atoms with Gasteiger partial charge in [-0.2, -0.15) is 0 Å². The van der Waals surface area contributed by atoms with E-state index in [0.29, 0.717) is 23.2 Å². The van der Waals surface area contributed by atoms with E-state index in [0.717, 1.165) is 23.6 Å². The fourth-order valence-electron chi connectivity index (χ4n) is 1.85. The van der Waals surface area contributed by atoms with Crippen molar-refractivity contribution in [1.82, 2.24) is 15.0 Å². The van der Waals surface area contributed by atoms with Crippen molar-refractivity contribution < 1.29 is 8.95 Å². The summed E-state index contributed by atoms with van der Waals surface area (Å²) in [7, 11) is -1.08. The predicted octanol–water partition coefficient (Wildman–Crippen LogP) is 0.660. The van der Waals surface area contributed by atoms with Gasteiger partial charge >= 0.3 is 0 Å². The maximum Gasteiger partial charge on any atom is 0.183 e. The van der Waals surface area contributed by atoms with Crippen molar-refractivity contribution in [3.05, 3.63) is 6.33 Å². The van der Waals surface area contributed by atoms with Crippen LogP contribution in [0.25, 0.3) is 10.3 Å². The number of nitrogens with zero attached hydrogens (tertiary/aromatic N) is 4. The van der Waals surface area contributed by atoms with Crippen molar-refractivity contribution in [3.8, 4) is 0 Å². The van der Waals surface area contributed by atoms with E-state index < -0.39 is 10.8 Å². The van der Waals surface area contributed by atoms with E-state index >= 15 is 0 Å². The molecule has 1 aliphatic rings. The molecule has 1 atom stereocenters. The van der Waals surface area contributed by atoms with Crippen molar-refractivity contribution >= 4 is 38.3 Å². The molecule has 0 spiro atoms. The summed E-state index contributed by atoms with van der Waals surface area (Å²) >= 11 is 1.41. The Balaban J connectivity index is 2.07. The first-order chi connectivity index (χ1) is 8.75. The lowest BCUT2D eigenvalue weighted by molar-refractivity contribution is 0.122. The predicted molar refractivity (Wildman–Crippen MR) is 70.6 cm³/mol. The summed E-state index contributed by atoms with van der Waals surface area (Å²) in [5.74, 6) is 0.873. The van der Waals surface area contributed by atoms with Gasteiger partial charge in [0.25, 0.3) is 0 Å². The van der Waals surface area contributed by atoms with Crippen LogP contribution in [0.15, 0.2) is 10.7 Å². The van der Waals surface area contributed by atoms with Crippen LogP contribution in [0.1, 0.15) is 0 Å². The third-order valence-corrected chi connectivity index (χ3v) is 5.08. The highest BCUT2D eigenvalue weighted by Gasteiger charge is 2.19. The van der Waals surface area contributed by atoms with Gasteiger partial charge in [-0.05, 0) is 0 Å². The molecule has 0 amide bonds. The van der Waals surface area contributed by atoms with Crippen molar-refractivity contribution in [2.45, 2.75) is 4.34 Å². The zero-order valence-corrected chi connectivity index (χ0v) is 11.5. The Morgan fingerprint density at radius 2 is 2.17 bits per heavy atom. The molecule has 0 N–H and O–H groups in total. The molecule has 1 aliphatic heterocycles. The zero-order chi connectivity index (χ0) is 12.5. The van der Waals surface area contributed by atoms with Crippen LogP contribution in [0.5, 0.6) is 0 Å². The number of hydrogen-bond donors (Lipinski definition) is 0. The maximum absolute atomic E-state index is 11.5. The van der Waals surface area contributed by atoms with Gasteiger partial charge in [-0.3, -0.25) is 4.21 Å². The van der Waals surface area contributed by atoms with Gasteiger partial charge in [0.1, 0.15) is 11.0 Å². The molecule has 1 fully saturated rings. The number of hydrogen-bond acceptors (Lipinski definition) is 7. The summed E-state index contributed by atoms with van der Waals surface area (Å²) in [5, 5.41) is 0. The molecule has 2 aromatic heterocycles. The smallest absolute Gasteiger partial charge is 0.183 e. The highest BCUT2D eigenvalue weighted by atomic mass is 32.2. The average Bonchev–Trinajstić information content (AvgIpc) is 2.83. The highest BCUT2D eigenvalue weighted by Crippen LogP contribution is 2.30. The monoisotopic (exact) mass is 284 g/mol. The summed E-state index contributed by atoms with van der Waals surface area (Å²) in [6.07, 6.45) is 3.13. The first-order valence-electron chi connectivity index (χ1n) is 5.53. The number of fused-ring (bicyclic) bond motifs is 1. The van der Waals surface area contributed by atoms with Gasteiger partial charge in [-0.1, -0.05) is 11.3 Å². The van der Waals surface area contributed by atoms with Gasteiger partial charge in [0.05, 0.1) is 24.0 Å². The number of thiazole rings is 1. The third kappa shape index (κ3) is 2.11. The second-order valence-electron chi connectivity index (χ2n) is 3.88. The second-order valence-corrected chi connectivity index (χ2v) is 6.44. The van der Waals surface area contributed by atoms with Crippen molar-refractivity contribution in [2.75, 3.05) is 37.5 Å². The molecule has 0 aromatic carbocycles. The van der Waals surface area contributed by atoms with Crippen LogP contribution < -0.4 is 4.90 Å². The average molecular weight is 284 g/mol. The van der Waals surface area contributed by atoms with Gasteiger partial charge in [0.15, 0.2) is 15.8 Å². The Hall–Kier alpha value is -1.12. The number of aromatic nitrogens is 3. The standard InChI is InChI=1S/C10H12N4O2S2/c1-18(15)10-13-8-7(17-10)9(12-6-11-8)14-2-4-16-5-3-14/h6H,2-5H2,1H3. The summed E-state index contributed by atoms with van der Waals surface area (Å²) in [6, 6.07) is 0. The van der Waals surface area contributed by atoms with E-state index in [4.69, 9.17) is 4.74 Å². The van der Waals surface area contributed by atoms with Gasteiger partial charge < -0.3 is 9.64 Å². The fourth-order valence-corrected chi connectivity index (χ4v) is 3.55. The minimum absolute atomic E-state index is 0.597. The fraction of sp³-hybridized carbons (Fsp3) is 0.500. The highest BCUT2D eigenvalue weighted by molar-refractivity contribution is 7.86. The maximum atomic E-state index is 11.5. The minimum atomic E-state index is -1.08. The molecule has 2 aromatic rings. The van der Waals surface area contributed by atoms with E-state index in [1.54, 1.807) is 6.26 Å². The molecule has 3 rings (SSSR count). The lowest BCUT2D eigenvalue weighted by Gasteiger charge is -2.27. The SMILES string of the molecule is CS(=O)c1nc2ncnc(N3CCOCC3)c2s1. The van der Waals surface area contributed by atoms with Gasteiger partial charge in [-0.25, -0.2) is 15.0 Å². The summed E-state index contributed by atoms with van der Waals surface area (Å²) in [6.45, 7) is 3.04. The minimum Gasteiger partial charge on any atom is -0.378 e. The van der Waals surface area contributed by atoms with Crippen LogP contribution in [0.2, 0.25) is 0 Å². The topological polar surface area (TPSA) is 68.2 Å². The second kappa shape index (κ2) is 4.87. The first kappa shape index (κ1) is 11.9. The number of morpholine rings is 1. The third-order valence-electron chi connectivity index (χ3n) is 2.71. The van der Waals surface area contributed by atoms with Crippen LogP contribution >= 0.6 is 11.3 Å². The number of anilines is 1. The molecule has 96 valence electrons. The van der Waals surface area contributed by atoms with Crippen LogP contribution in [0.4, 0.5) is 5.82 Å². The lowest BCUT2D eigenvalue weighted by atomic mass is 10.4. The molecule has 0 bridgehead atoms. The normalized spacial score (nSPS) is 18.2. The summed E-state index contributed by atoms with van der Waals surface area (Å²) in [5.41, 5.74) is 0.627. The van der Waals surface area contributed by atoms with Crippen LogP contribution in [-0.2, 0) is 15.5 Å². The van der Waals surface area contributed by atoms with E-state index in [2.05, 4.69) is 19.9 Å². The molecule has 0 aliphatic carbocycles. The molecule has 8 heteroatoms. The zero-order valence-electron chi connectivity index (χ0n) is 9.83.